The van der Waals surface area contributed by atoms with Crippen molar-refractivity contribution in [2.45, 2.75) is 11.8 Å². The summed E-state index contributed by atoms with van der Waals surface area (Å²) in [4.78, 5) is 10.9. The first-order valence-corrected chi connectivity index (χ1v) is 10.4. The van der Waals surface area contributed by atoms with Gasteiger partial charge in [0.2, 0.25) is 15.9 Å². The van der Waals surface area contributed by atoms with Crippen LogP contribution >= 0.6 is 11.6 Å². The minimum atomic E-state index is -3.61. The Balaban J connectivity index is 1.55. The summed E-state index contributed by atoms with van der Waals surface area (Å²) in [7, 11) is -3.61. The molecule has 0 aliphatic carbocycles. The molecule has 1 aliphatic rings. The zero-order valence-corrected chi connectivity index (χ0v) is 16.5. The van der Waals surface area contributed by atoms with E-state index in [1.807, 2.05) is 0 Å². The van der Waals surface area contributed by atoms with Gasteiger partial charge in [-0.15, -0.1) is 0 Å². The van der Waals surface area contributed by atoms with Crippen molar-refractivity contribution in [2.75, 3.05) is 44.4 Å². The number of rotatable bonds is 7. The highest BCUT2D eigenvalue weighted by Crippen LogP contribution is 2.18. The molecule has 27 heavy (non-hydrogen) atoms. The lowest BCUT2D eigenvalue weighted by Gasteiger charge is -2.28. The Hall–Kier alpha value is -1.94. The van der Waals surface area contributed by atoms with Crippen LogP contribution in [0.4, 0.5) is 5.82 Å². The lowest BCUT2D eigenvalue weighted by Crippen LogP contribution is -2.37. The summed E-state index contributed by atoms with van der Waals surface area (Å²) in [5.74, 6) is 1.79. The highest BCUT2D eigenvalue weighted by atomic mass is 35.5. The van der Waals surface area contributed by atoms with Gasteiger partial charge in [-0.25, -0.2) is 18.1 Å². The molecule has 2 heterocycles. The SMILES string of the molecule is Cc1nc(OCCNS(=O)(=O)c2ccc(Cl)cc2)cc(N2CCOCC2)n1. The normalized spacial score (nSPS) is 15.0. The van der Waals surface area contributed by atoms with Gasteiger partial charge in [0.15, 0.2) is 0 Å². The summed E-state index contributed by atoms with van der Waals surface area (Å²) < 4.78 is 37.9. The van der Waals surface area contributed by atoms with Gasteiger partial charge in [-0.1, -0.05) is 11.6 Å². The molecule has 2 aromatic rings. The number of aryl methyl sites for hydroxylation is 1. The third-order valence-electron chi connectivity index (χ3n) is 3.90. The maximum absolute atomic E-state index is 12.2. The fourth-order valence-corrected chi connectivity index (χ4v) is 3.72. The van der Waals surface area contributed by atoms with E-state index < -0.39 is 10.0 Å². The Morgan fingerprint density at radius 1 is 1.22 bits per heavy atom. The summed E-state index contributed by atoms with van der Waals surface area (Å²) in [5.41, 5.74) is 0. The maximum Gasteiger partial charge on any atom is 0.240 e. The Morgan fingerprint density at radius 2 is 1.93 bits per heavy atom. The van der Waals surface area contributed by atoms with Gasteiger partial charge in [0.1, 0.15) is 18.2 Å². The van der Waals surface area contributed by atoms with Gasteiger partial charge in [0.25, 0.3) is 0 Å². The Kier molecular flexibility index (Phi) is 6.48. The van der Waals surface area contributed by atoms with Gasteiger partial charge in [0.05, 0.1) is 18.1 Å². The molecule has 8 nitrogen and oxygen atoms in total. The number of nitrogens with zero attached hydrogens (tertiary/aromatic N) is 3. The number of aromatic nitrogens is 2. The monoisotopic (exact) mass is 412 g/mol. The third-order valence-corrected chi connectivity index (χ3v) is 5.63. The number of benzene rings is 1. The van der Waals surface area contributed by atoms with Gasteiger partial charge >= 0.3 is 0 Å². The van der Waals surface area contributed by atoms with Crippen LogP contribution in [-0.2, 0) is 14.8 Å². The molecule has 0 atom stereocenters. The lowest BCUT2D eigenvalue weighted by molar-refractivity contribution is 0.122. The Labute approximate surface area is 163 Å². The first-order chi connectivity index (χ1) is 12.9. The highest BCUT2D eigenvalue weighted by Gasteiger charge is 2.15. The van der Waals surface area contributed by atoms with Crippen LogP contribution < -0.4 is 14.4 Å². The zero-order chi connectivity index (χ0) is 19.3. The molecule has 0 amide bonds. The molecule has 0 radical (unpaired) electrons. The molecule has 0 saturated carbocycles. The van der Waals surface area contributed by atoms with Crippen LogP contribution in [0.25, 0.3) is 0 Å². The number of nitrogens with one attached hydrogen (secondary N) is 1. The standard InChI is InChI=1S/C17H21ClN4O4S/c1-13-20-16(22-7-10-25-11-8-22)12-17(21-13)26-9-6-19-27(23,24)15-4-2-14(18)3-5-15/h2-5,12,19H,6-11H2,1H3. The molecular weight excluding hydrogens is 392 g/mol. The van der Waals surface area contributed by atoms with E-state index in [4.69, 9.17) is 21.1 Å². The van der Waals surface area contributed by atoms with Crippen LogP contribution in [0.15, 0.2) is 35.2 Å². The van der Waals surface area contributed by atoms with Gasteiger partial charge in [0, 0.05) is 30.7 Å². The van der Waals surface area contributed by atoms with E-state index >= 15 is 0 Å². The van der Waals surface area contributed by atoms with E-state index in [9.17, 15) is 8.42 Å². The quantitative estimate of drug-likeness (QED) is 0.691. The molecule has 10 heteroatoms. The molecule has 1 saturated heterocycles. The first kappa shape index (κ1) is 19.8. The molecule has 1 fully saturated rings. The van der Waals surface area contributed by atoms with E-state index in [1.54, 1.807) is 13.0 Å². The molecule has 1 aromatic heterocycles. The first-order valence-electron chi connectivity index (χ1n) is 8.50. The van der Waals surface area contributed by atoms with E-state index in [0.29, 0.717) is 29.9 Å². The average Bonchev–Trinajstić information content (AvgIpc) is 2.66. The van der Waals surface area contributed by atoms with Crippen LogP contribution in [0.3, 0.4) is 0 Å². The fourth-order valence-electron chi connectivity index (χ4n) is 2.58. The van der Waals surface area contributed by atoms with Crippen molar-refractivity contribution >= 4 is 27.4 Å². The second-order valence-electron chi connectivity index (χ2n) is 5.91. The number of morpholine rings is 1. The molecule has 0 unspecified atom stereocenters. The lowest BCUT2D eigenvalue weighted by atomic mass is 10.4. The molecular formula is C17H21ClN4O4S. The molecule has 1 N–H and O–H groups in total. The molecule has 0 spiro atoms. The van der Waals surface area contributed by atoms with Gasteiger partial charge in [-0.3, -0.25) is 0 Å². The number of hydrogen-bond acceptors (Lipinski definition) is 7. The van der Waals surface area contributed by atoms with Crippen molar-refractivity contribution in [3.8, 4) is 5.88 Å². The van der Waals surface area contributed by atoms with E-state index in [2.05, 4.69) is 19.6 Å². The van der Waals surface area contributed by atoms with Crippen LogP contribution in [0.1, 0.15) is 5.82 Å². The predicted octanol–water partition coefficient (Wildman–Crippen LogP) is 1.63. The summed E-state index contributed by atoms with van der Waals surface area (Å²) in [6.07, 6.45) is 0. The number of halogens is 1. The second-order valence-corrected chi connectivity index (χ2v) is 8.11. The Morgan fingerprint density at radius 3 is 2.63 bits per heavy atom. The van der Waals surface area contributed by atoms with Crippen LogP contribution in [0.5, 0.6) is 5.88 Å². The third kappa shape index (κ3) is 5.52. The summed E-state index contributed by atoms with van der Waals surface area (Å²) in [6, 6.07) is 7.72. The molecule has 1 aromatic carbocycles. The van der Waals surface area contributed by atoms with Crippen molar-refractivity contribution in [3.63, 3.8) is 0 Å². The zero-order valence-electron chi connectivity index (χ0n) is 14.9. The van der Waals surface area contributed by atoms with Crippen LogP contribution in [-0.4, -0.2) is 57.8 Å². The highest BCUT2D eigenvalue weighted by molar-refractivity contribution is 7.89. The van der Waals surface area contributed by atoms with Gasteiger partial charge in [-0.2, -0.15) is 4.98 Å². The molecule has 146 valence electrons. The largest absolute Gasteiger partial charge is 0.476 e. The van der Waals surface area contributed by atoms with Crippen molar-refractivity contribution in [1.82, 2.24) is 14.7 Å². The second kappa shape index (κ2) is 8.83. The maximum atomic E-state index is 12.2. The van der Waals surface area contributed by atoms with Gasteiger partial charge in [-0.05, 0) is 31.2 Å². The number of ether oxygens (including phenoxy) is 2. The predicted molar refractivity (Wildman–Crippen MR) is 102 cm³/mol. The molecule has 3 rings (SSSR count). The van der Waals surface area contributed by atoms with Crippen molar-refractivity contribution in [2.24, 2.45) is 0 Å². The average molecular weight is 413 g/mol. The van der Waals surface area contributed by atoms with Crippen molar-refractivity contribution in [1.29, 1.82) is 0 Å². The number of anilines is 1. The minimum absolute atomic E-state index is 0.112. The Bertz CT molecular complexity index is 871. The van der Waals surface area contributed by atoms with Crippen molar-refractivity contribution < 1.29 is 17.9 Å². The van der Waals surface area contributed by atoms with Crippen molar-refractivity contribution in [3.05, 3.63) is 41.2 Å². The van der Waals surface area contributed by atoms with Gasteiger partial charge < -0.3 is 14.4 Å². The molecule has 0 bridgehead atoms. The van der Waals surface area contributed by atoms with Crippen LogP contribution in [0.2, 0.25) is 5.02 Å². The topological polar surface area (TPSA) is 93.6 Å². The number of hydrogen-bond donors (Lipinski definition) is 1. The number of sulfonamides is 1. The van der Waals surface area contributed by atoms with Crippen LogP contribution in [0, 0.1) is 6.92 Å². The summed E-state index contributed by atoms with van der Waals surface area (Å²) in [6.45, 7) is 4.89. The summed E-state index contributed by atoms with van der Waals surface area (Å²) >= 11 is 5.78. The van der Waals surface area contributed by atoms with E-state index in [-0.39, 0.29) is 18.0 Å². The fraction of sp³-hybridized carbons (Fsp3) is 0.412. The van der Waals surface area contributed by atoms with E-state index in [1.165, 1.54) is 24.3 Å². The smallest absolute Gasteiger partial charge is 0.240 e. The minimum Gasteiger partial charge on any atom is -0.476 e. The summed E-state index contributed by atoms with van der Waals surface area (Å²) in [5, 5.41) is 0.479. The molecule has 1 aliphatic heterocycles. The van der Waals surface area contributed by atoms with E-state index in [0.717, 1.165) is 18.9 Å².